The Morgan fingerprint density at radius 1 is 1.25 bits per heavy atom. The molecule has 0 spiro atoms. The first-order valence-electron chi connectivity index (χ1n) is 8.57. The number of carbonyl (C=O) groups is 2. The van der Waals surface area contributed by atoms with E-state index in [1.54, 1.807) is 0 Å². The Labute approximate surface area is 143 Å². The van der Waals surface area contributed by atoms with Crippen molar-refractivity contribution >= 4 is 11.9 Å². The number of rotatable bonds is 8. The monoisotopic (exact) mass is 333 g/mol. The third-order valence-corrected chi connectivity index (χ3v) is 4.52. The van der Waals surface area contributed by atoms with E-state index in [1.807, 2.05) is 42.2 Å². The summed E-state index contributed by atoms with van der Waals surface area (Å²) in [6.45, 7) is 5.46. The number of nitrogens with one attached hydrogen (secondary N) is 1. The van der Waals surface area contributed by atoms with E-state index in [2.05, 4.69) is 10.2 Å². The van der Waals surface area contributed by atoms with Gasteiger partial charge in [-0.3, -0.25) is 19.4 Å². The van der Waals surface area contributed by atoms with Crippen molar-refractivity contribution in [3.63, 3.8) is 0 Å². The number of carboxylic acid groups (broad SMARTS) is 1. The van der Waals surface area contributed by atoms with Crippen molar-refractivity contribution < 1.29 is 14.7 Å². The minimum Gasteiger partial charge on any atom is -0.480 e. The largest absolute Gasteiger partial charge is 0.480 e. The van der Waals surface area contributed by atoms with Gasteiger partial charge in [0.15, 0.2) is 0 Å². The van der Waals surface area contributed by atoms with Crippen molar-refractivity contribution in [3.05, 3.63) is 35.9 Å². The standard InChI is InChI=1S/C18H27N3O3/c1-2-21(14-18(23)24)16-8-10-20(11-9-16)13-17(22)19-12-15-6-4-3-5-7-15/h3-7,16H,2,8-14H2,1H3,(H,19,22)(H,23,24). The fourth-order valence-corrected chi connectivity index (χ4v) is 3.17. The normalized spacial score (nSPS) is 16.2. The van der Waals surface area contributed by atoms with Gasteiger partial charge in [0.05, 0.1) is 13.1 Å². The van der Waals surface area contributed by atoms with Crippen LogP contribution in [0.4, 0.5) is 0 Å². The average Bonchev–Trinajstić information content (AvgIpc) is 2.59. The maximum absolute atomic E-state index is 12.1. The van der Waals surface area contributed by atoms with E-state index in [9.17, 15) is 9.59 Å². The Bertz CT molecular complexity index is 528. The van der Waals surface area contributed by atoms with Crippen LogP contribution in [0.1, 0.15) is 25.3 Å². The summed E-state index contributed by atoms with van der Waals surface area (Å²) in [5.41, 5.74) is 1.09. The van der Waals surface area contributed by atoms with Crippen molar-refractivity contribution in [1.82, 2.24) is 15.1 Å². The molecule has 1 aromatic rings. The van der Waals surface area contributed by atoms with Gasteiger partial charge in [-0.05, 0) is 24.9 Å². The number of amides is 1. The first-order chi connectivity index (χ1) is 11.6. The predicted molar refractivity (Wildman–Crippen MR) is 92.6 cm³/mol. The van der Waals surface area contributed by atoms with Crippen LogP contribution < -0.4 is 5.32 Å². The molecule has 1 heterocycles. The number of hydrogen-bond donors (Lipinski definition) is 2. The molecule has 0 atom stereocenters. The number of nitrogens with zero attached hydrogens (tertiary/aromatic N) is 2. The number of hydrogen-bond acceptors (Lipinski definition) is 4. The van der Waals surface area contributed by atoms with Gasteiger partial charge in [-0.15, -0.1) is 0 Å². The average molecular weight is 333 g/mol. The van der Waals surface area contributed by atoms with Crippen LogP contribution in [0.25, 0.3) is 0 Å². The Kier molecular flexibility index (Phi) is 7.21. The molecule has 1 fully saturated rings. The molecule has 0 saturated carbocycles. The smallest absolute Gasteiger partial charge is 0.317 e. The predicted octanol–water partition coefficient (Wildman–Crippen LogP) is 1.17. The van der Waals surface area contributed by atoms with E-state index in [-0.39, 0.29) is 12.5 Å². The lowest BCUT2D eigenvalue weighted by Crippen LogP contribution is -2.48. The zero-order valence-electron chi connectivity index (χ0n) is 14.3. The van der Waals surface area contributed by atoms with Gasteiger partial charge >= 0.3 is 5.97 Å². The maximum atomic E-state index is 12.1. The highest BCUT2D eigenvalue weighted by molar-refractivity contribution is 5.78. The zero-order valence-corrected chi connectivity index (χ0v) is 14.3. The molecule has 1 amide bonds. The molecule has 0 bridgehead atoms. The first kappa shape index (κ1) is 18.4. The molecule has 132 valence electrons. The minimum atomic E-state index is -0.778. The Morgan fingerprint density at radius 3 is 2.50 bits per heavy atom. The summed E-state index contributed by atoms with van der Waals surface area (Å²) >= 11 is 0. The fourth-order valence-electron chi connectivity index (χ4n) is 3.17. The molecule has 1 aliphatic rings. The lowest BCUT2D eigenvalue weighted by Gasteiger charge is -2.37. The molecule has 24 heavy (non-hydrogen) atoms. The number of aliphatic carboxylic acids is 1. The van der Waals surface area contributed by atoms with Gasteiger partial charge in [0.25, 0.3) is 0 Å². The van der Waals surface area contributed by atoms with Gasteiger partial charge in [-0.1, -0.05) is 37.3 Å². The second kappa shape index (κ2) is 9.39. The van der Waals surface area contributed by atoms with Gasteiger partial charge in [-0.25, -0.2) is 0 Å². The Balaban J connectivity index is 1.70. The van der Waals surface area contributed by atoms with Crippen LogP contribution in [0.3, 0.4) is 0 Å². The lowest BCUT2D eigenvalue weighted by molar-refractivity contribution is -0.139. The SMILES string of the molecule is CCN(CC(=O)O)C1CCN(CC(=O)NCc2ccccc2)CC1. The molecule has 1 aliphatic heterocycles. The highest BCUT2D eigenvalue weighted by Gasteiger charge is 2.25. The zero-order chi connectivity index (χ0) is 17.4. The summed E-state index contributed by atoms with van der Waals surface area (Å²) in [7, 11) is 0. The van der Waals surface area contributed by atoms with Crippen LogP contribution in [-0.4, -0.2) is 65.5 Å². The van der Waals surface area contributed by atoms with E-state index >= 15 is 0 Å². The van der Waals surface area contributed by atoms with E-state index in [1.165, 1.54) is 0 Å². The van der Waals surface area contributed by atoms with Crippen LogP contribution >= 0.6 is 0 Å². The summed E-state index contributed by atoms with van der Waals surface area (Å²) in [6, 6.07) is 10.2. The van der Waals surface area contributed by atoms with Crippen LogP contribution in [0, 0.1) is 0 Å². The summed E-state index contributed by atoms with van der Waals surface area (Å²) in [5.74, 6) is -0.741. The molecule has 0 aromatic heterocycles. The third-order valence-electron chi connectivity index (χ3n) is 4.52. The molecule has 0 aliphatic carbocycles. The number of likely N-dealkylation sites (N-methyl/N-ethyl adjacent to an activating group) is 1. The number of benzene rings is 1. The molecule has 2 N–H and O–H groups in total. The minimum absolute atomic E-state index is 0.0372. The van der Waals surface area contributed by atoms with Crippen molar-refractivity contribution in [1.29, 1.82) is 0 Å². The Hall–Kier alpha value is -1.92. The summed E-state index contributed by atoms with van der Waals surface area (Å²) < 4.78 is 0. The number of likely N-dealkylation sites (tertiary alicyclic amines) is 1. The van der Waals surface area contributed by atoms with E-state index in [0.29, 0.717) is 19.1 Å². The van der Waals surface area contributed by atoms with Gasteiger partial charge in [0.2, 0.25) is 5.91 Å². The summed E-state index contributed by atoms with van der Waals surface area (Å²) in [6.07, 6.45) is 1.82. The molecule has 6 heteroatoms. The van der Waals surface area contributed by atoms with Crippen molar-refractivity contribution in [3.8, 4) is 0 Å². The second-order valence-corrected chi connectivity index (χ2v) is 6.23. The van der Waals surface area contributed by atoms with Gasteiger partial charge in [-0.2, -0.15) is 0 Å². The van der Waals surface area contributed by atoms with Gasteiger partial charge in [0, 0.05) is 25.7 Å². The van der Waals surface area contributed by atoms with E-state index in [0.717, 1.165) is 38.0 Å². The Morgan fingerprint density at radius 2 is 1.92 bits per heavy atom. The molecular formula is C18H27N3O3. The lowest BCUT2D eigenvalue weighted by atomic mass is 10.0. The van der Waals surface area contributed by atoms with Gasteiger partial charge < -0.3 is 10.4 Å². The van der Waals surface area contributed by atoms with Crippen LogP contribution in [0.15, 0.2) is 30.3 Å². The molecule has 0 unspecified atom stereocenters. The quantitative estimate of drug-likeness (QED) is 0.747. The number of carboxylic acids is 1. The molecule has 6 nitrogen and oxygen atoms in total. The van der Waals surface area contributed by atoms with E-state index in [4.69, 9.17) is 5.11 Å². The highest BCUT2D eigenvalue weighted by atomic mass is 16.4. The maximum Gasteiger partial charge on any atom is 0.317 e. The van der Waals surface area contributed by atoms with Crippen molar-refractivity contribution in [2.75, 3.05) is 32.7 Å². The molecule has 1 saturated heterocycles. The second-order valence-electron chi connectivity index (χ2n) is 6.23. The highest BCUT2D eigenvalue weighted by Crippen LogP contribution is 2.16. The molecule has 0 radical (unpaired) electrons. The van der Waals surface area contributed by atoms with Crippen LogP contribution in [0.2, 0.25) is 0 Å². The van der Waals surface area contributed by atoms with Gasteiger partial charge in [0.1, 0.15) is 0 Å². The van der Waals surface area contributed by atoms with E-state index < -0.39 is 5.97 Å². The van der Waals surface area contributed by atoms with Crippen LogP contribution in [-0.2, 0) is 16.1 Å². The number of piperidine rings is 1. The molecule has 2 rings (SSSR count). The molecule has 1 aromatic carbocycles. The van der Waals surface area contributed by atoms with Crippen molar-refractivity contribution in [2.45, 2.75) is 32.4 Å². The first-order valence-corrected chi connectivity index (χ1v) is 8.57. The van der Waals surface area contributed by atoms with Crippen LogP contribution in [0.5, 0.6) is 0 Å². The summed E-state index contributed by atoms with van der Waals surface area (Å²) in [4.78, 5) is 27.1. The third kappa shape index (κ3) is 5.94. The van der Waals surface area contributed by atoms with Crippen molar-refractivity contribution in [2.24, 2.45) is 0 Å². The number of carbonyl (C=O) groups excluding carboxylic acids is 1. The topological polar surface area (TPSA) is 72.9 Å². The molecular weight excluding hydrogens is 306 g/mol. The summed E-state index contributed by atoms with van der Waals surface area (Å²) in [5, 5.41) is 11.9. The fraction of sp³-hybridized carbons (Fsp3) is 0.556.